The van der Waals surface area contributed by atoms with E-state index in [9.17, 15) is 9.59 Å². The van der Waals surface area contributed by atoms with Gasteiger partial charge in [-0.2, -0.15) is 0 Å². The average Bonchev–Trinajstić information content (AvgIpc) is 2.75. The van der Waals surface area contributed by atoms with Gasteiger partial charge in [0.05, 0.1) is 17.5 Å². The fourth-order valence-corrected chi connectivity index (χ4v) is 4.17. The maximum atomic E-state index is 12.9. The van der Waals surface area contributed by atoms with Crippen molar-refractivity contribution >= 4 is 29.3 Å². The molecule has 1 atom stereocenters. The molecular weight excluding hydrogens is 370 g/mol. The minimum atomic E-state index is -0.304. The Morgan fingerprint density at radius 3 is 2.46 bits per heavy atom. The predicted octanol–water partition coefficient (Wildman–Crippen LogP) is 3.43. The van der Waals surface area contributed by atoms with Gasteiger partial charge < -0.3 is 10.2 Å². The van der Waals surface area contributed by atoms with Crippen molar-refractivity contribution in [2.45, 2.75) is 10.9 Å². The highest BCUT2D eigenvalue weighted by molar-refractivity contribution is 8.00. The number of amides is 2. The van der Waals surface area contributed by atoms with E-state index in [-0.39, 0.29) is 24.4 Å². The lowest BCUT2D eigenvalue weighted by molar-refractivity contribution is -0.123. The number of nitrogens with one attached hydrogen (secondary N) is 1. The molecule has 1 unspecified atom stereocenters. The summed E-state index contributed by atoms with van der Waals surface area (Å²) in [5.41, 5.74) is 2.71. The van der Waals surface area contributed by atoms with Crippen LogP contribution >= 0.6 is 11.8 Å². The van der Waals surface area contributed by atoms with Gasteiger partial charge in [0.1, 0.15) is 6.54 Å². The van der Waals surface area contributed by atoms with E-state index in [1.807, 2.05) is 66.7 Å². The van der Waals surface area contributed by atoms with Crippen LogP contribution in [0.25, 0.3) is 0 Å². The topological polar surface area (TPSA) is 62.3 Å². The van der Waals surface area contributed by atoms with E-state index in [1.165, 1.54) is 11.8 Å². The lowest BCUT2D eigenvalue weighted by Crippen LogP contribution is -2.44. The maximum Gasteiger partial charge on any atom is 0.240 e. The van der Waals surface area contributed by atoms with Gasteiger partial charge in [-0.05, 0) is 35.4 Å². The second kappa shape index (κ2) is 8.27. The van der Waals surface area contributed by atoms with Gasteiger partial charge in [-0.15, -0.1) is 11.8 Å². The van der Waals surface area contributed by atoms with E-state index >= 15 is 0 Å². The number of benzene rings is 2. The number of aromatic nitrogens is 1. The number of nitrogens with zero attached hydrogens (tertiary/aromatic N) is 2. The fraction of sp³-hybridized carbons (Fsp3) is 0.136. The van der Waals surface area contributed by atoms with Gasteiger partial charge in [0.2, 0.25) is 11.8 Å². The van der Waals surface area contributed by atoms with Crippen LogP contribution in [-0.2, 0) is 9.59 Å². The molecule has 2 amide bonds. The Hall–Kier alpha value is -3.12. The van der Waals surface area contributed by atoms with Crippen molar-refractivity contribution in [1.29, 1.82) is 0 Å². The van der Waals surface area contributed by atoms with Gasteiger partial charge in [-0.1, -0.05) is 42.5 Å². The molecule has 0 aliphatic carbocycles. The molecule has 0 radical (unpaired) electrons. The zero-order chi connectivity index (χ0) is 19.3. The number of thioether (sulfide) groups is 1. The Labute approximate surface area is 167 Å². The summed E-state index contributed by atoms with van der Waals surface area (Å²) in [6.07, 6.45) is 3.41. The third-order valence-corrected chi connectivity index (χ3v) is 5.64. The summed E-state index contributed by atoms with van der Waals surface area (Å²) in [7, 11) is 0. The van der Waals surface area contributed by atoms with Crippen molar-refractivity contribution in [2.24, 2.45) is 0 Å². The molecule has 0 saturated carbocycles. The fourth-order valence-electron chi connectivity index (χ4n) is 3.24. The molecule has 4 rings (SSSR count). The van der Waals surface area contributed by atoms with Crippen molar-refractivity contribution in [2.75, 3.05) is 17.2 Å². The zero-order valence-corrected chi connectivity index (χ0v) is 15.9. The van der Waals surface area contributed by atoms with E-state index in [2.05, 4.69) is 10.3 Å². The molecule has 0 fully saturated rings. The minimum absolute atomic E-state index is 0.00910. The highest BCUT2D eigenvalue weighted by atomic mass is 32.2. The molecule has 140 valence electrons. The number of pyridine rings is 1. The highest BCUT2D eigenvalue weighted by Gasteiger charge is 2.27. The standard InChI is InChI=1S/C22H19N3O2S/c26-20(14-25-18-8-4-5-9-19(18)28-15-21(25)27)24-22(16-6-2-1-3-7-16)17-10-12-23-13-11-17/h1-13,22H,14-15H2,(H,24,26). The van der Waals surface area contributed by atoms with E-state index in [0.717, 1.165) is 21.7 Å². The van der Waals surface area contributed by atoms with E-state index in [4.69, 9.17) is 0 Å². The summed E-state index contributed by atoms with van der Waals surface area (Å²) in [5.74, 6) is 0.0799. The Kier molecular flexibility index (Phi) is 5.39. The first kappa shape index (κ1) is 18.3. The number of rotatable bonds is 5. The minimum Gasteiger partial charge on any atom is -0.344 e. The van der Waals surface area contributed by atoms with Crippen molar-refractivity contribution in [3.63, 3.8) is 0 Å². The molecule has 1 aliphatic heterocycles. The maximum absolute atomic E-state index is 12.9. The average molecular weight is 389 g/mol. The van der Waals surface area contributed by atoms with Crippen molar-refractivity contribution in [1.82, 2.24) is 10.3 Å². The zero-order valence-electron chi connectivity index (χ0n) is 15.1. The molecule has 2 aromatic carbocycles. The van der Waals surface area contributed by atoms with Crippen LogP contribution in [-0.4, -0.2) is 29.1 Å². The number of hydrogen-bond acceptors (Lipinski definition) is 4. The first-order valence-electron chi connectivity index (χ1n) is 8.99. The summed E-state index contributed by atoms with van der Waals surface area (Å²) in [6.45, 7) is -0.00910. The Bertz CT molecular complexity index is 940. The van der Waals surface area contributed by atoms with Crippen LogP contribution in [0.1, 0.15) is 17.2 Å². The summed E-state index contributed by atoms with van der Waals surface area (Å²) < 4.78 is 0. The van der Waals surface area contributed by atoms with Gasteiger partial charge in [0.15, 0.2) is 0 Å². The van der Waals surface area contributed by atoms with Crippen LogP contribution in [0.5, 0.6) is 0 Å². The monoisotopic (exact) mass is 389 g/mol. The molecule has 0 spiro atoms. The quantitative estimate of drug-likeness (QED) is 0.726. The largest absolute Gasteiger partial charge is 0.344 e. The number of fused-ring (bicyclic) bond motifs is 1. The van der Waals surface area contributed by atoms with Crippen molar-refractivity contribution in [3.8, 4) is 0 Å². The van der Waals surface area contributed by atoms with E-state index < -0.39 is 0 Å². The van der Waals surface area contributed by atoms with E-state index in [1.54, 1.807) is 17.3 Å². The van der Waals surface area contributed by atoms with Crippen LogP contribution in [0.2, 0.25) is 0 Å². The van der Waals surface area contributed by atoms with Crippen molar-refractivity contribution in [3.05, 3.63) is 90.3 Å². The normalized spacial score (nSPS) is 14.3. The second-order valence-electron chi connectivity index (χ2n) is 6.43. The third-order valence-electron chi connectivity index (χ3n) is 4.59. The molecule has 6 heteroatoms. The van der Waals surface area contributed by atoms with E-state index in [0.29, 0.717) is 5.75 Å². The molecule has 5 nitrogen and oxygen atoms in total. The first-order valence-corrected chi connectivity index (χ1v) is 9.97. The molecule has 0 bridgehead atoms. The van der Waals surface area contributed by atoms with Crippen LogP contribution < -0.4 is 10.2 Å². The van der Waals surface area contributed by atoms with Crippen LogP contribution in [0.15, 0.2) is 84.0 Å². The molecule has 1 aromatic heterocycles. The predicted molar refractivity (Wildman–Crippen MR) is 110 cm³/mol. The molecule has 28 heavy (non-hydrogen) atoms. The first-order chi connectivity index (χ1) is 13.7. The summed E-state index contributed by atoms with van der Waals surface area (Å²) in [4.78, 5) is 32.0. The van der Waals surface area contributed by atoms with Gasteiger partial charge in [0, 0.05) is 17.3 Å². The number of para-hydroxylation sites is 1. The molecule has 1 aliphatic rings. The Morgan fingerprint density at radius 1 is 1.00 bits per heavy atom. The highest BCUT2D eigenvalue weighted by Crippen LogP contribution is 2.34. The SMILES string of the molecule is O=C(CN1C(=O)CSc2ccccc21)NC(c1ccccc1)c1ccncc1. The van der Waals surface area contributed by atoms with Crippen LogP contribution in [0, 0.1) is 0 Å². The Balaban J connectivity index is 1.57. The lowest BCUT2D eigenvalue weighted by atomic mass is 9.99. The molecule has 3 aromatic rings. The Morgan fingerprint density at radius 2 is 1.68 bits per heavy atom. The number of hydrogen-bond donors (Lipinski definition) is 1. The van der Waals surface area contributed by atoms with Gasteiger partial charge in [-0.25, -0.2) is 0 Å². The molecule has 1 N–H and O–H groups in total. The van der Waals surface area contributed by atoms with Crippen molar-refractivity contribution < 1.29 is 9.59 Å². The lowest BCUT2D eigenvalue weighted by Gasteiger charge is -2.29. The van der Waals surface area contributed by atoms with Crippen LogP contribution in [0.4, 0.5) is 5.69 Å². The molecule has 0 saturated heterocycles. The van der Waals surface area contributed by atoms with Gasteiger partial charge in [0.25, 0.3) is 0 Å². The number of carbonyl (C=O) groups excluding carboxylic acids is 2. The van der Waals surface area contributed by atoms with Crippen LogP contribution in [0.3, 0.4) is 0 Å². The number of anilines is 1. The van der Waals surface area contributed by atoms with Gasteiger partial charge in [-0.3, -0.25) is 14.6 Å². The third kappa shape index (κ3) is 3.92. The summed E-state index contributed by atoms with van der Waals surface area (Å²) in [6, 6.07) is 20.9. The molecular formula is C22H19N3O2S. The summed E-state index contributed by atoms with van der Waals surface area (Å²) in [5, 5.41) is 3.08. The molecule has 2 heterocycles. The summed E-state index contributed by atoms with van der Waals surface area (Å²) >= 11 is 1.51. The number of carbonyl (C=O) groups is 2. The van der Waals surface area contributed by atoms with Gasteiger partial charge >= 0.3 is 0 Å². The second-order valence-corrected chi connectivity index (χ2v) is 7.45. The smallest absolute Gasteiger partial charge is 0.240 e.